The number of aromatic nitrogens is 3. The van der Waals surface area contributed by atoms with E-state index in [1.165, 1.54) is 0 Å². The number of benzene rings is 1. The van der Waals surface area contributed by atoms with Crippen molar-refractivity contribution in [2.75, 3.05) is 10.6 Å². The molecule has 2 aromatic heterocycles. The average Bonchev–Trinajstić information content (AvgIpc) is 2.85. The summed E-state index contributed by atoms with van der Waals surface area (Å²) in [5.74, 6) is 0.339. The molecule has 3 aromatic rings. The van der Waals surface area contributed by atoms with Crippen LogP contribution in [0.1, 0.15) is 5.56 Å². The number of carbonyl (C=O) groups is 1. The van der Waals surface area contributed by atoms with Crippen LogP contribution >= 0.6 is 11.6 Å². The Morgan fingerprint density at radius 3 is 2.86 bits per heavy atom. The molecule has 0 atom stereocenters. The van der Waals surface area contributed by atoms with E-state index in [2.05, 4.69) is 20.8 Å². The number of anilines is 2. The van der Waals surface area contributed by atoms with E-state index < -0.39 is 6.03 Å². The molecule has 7 heteroatoms. The third-order valence-corrected chi connectivity index (χ3v) is 3.22. The van der Waals surface area contributed by atoms with Gasteiger partial charge in [0.1, 0.15) is 0 Å². The number of halogens is 1. The van der Waals surface area contributed by atoms with Gasteiger partial charge in [0.25, 0.3) is 0 Å². The average molecular weight is 302 g/mol. The Bertz CT molecular complexity index is 814. The topological polar surface area (TPSA) is 71.3 Å². The molecule has 0 aliphatic rings. The lowest BCUT2D eigenvalue weighted by molar-refractivity contribution is 0.262. The fourth-order valence-corrected chi connectivity index (χ4v) is 2.19. The van der Waals surface area contributed by atoms with Crippen molar-refractivity contribution in [1.29, 1.82) is 0 Å². The summed E-state index contributed by atoms with van der Waals surface area (Å²) < 4.78 is 1.68. The summed E-state index contributed by atoms with van der Waals surface area (Å²) in [7, 11) is 0. The molecule has 0 bridgehead atoms. The quantitative estimate of drug-likeness (QED) is 0.762. The van der Waals surface area contributed by atoms with Crippen LogP contribution in [0, 0.1) is 6.92 Å². The van der Waals surface area contributed by atoms with Crippen LogP contribution in [0.2, 0.25) is 5.02 Å². The van der Waals surface area contributed by atoms with Crippen LogP contribution in [0.15, 0.2) is 42.6 Å². The molecule has 21 heavy (non-hydrogen) atoms. The number of carbonyl (C=O) groups excluding carboxylic acids is 1. The van der Waals surface area contributed by atoms with Crippen molar-refractivity contribution in [3.63, 3.8) is 0 Å². The van der Waals surface area contributed by atoms with E-state index >= 15 is 0 Å². The SMILES string of the molecule is Cc1ccc(NC(=O)Nc2nnc3ccccn23)c(Cl)c1. The molecule has 106 valence electrons. The lowest BCUT2D eigenvalue weighted by Crippen LogP contribution is -2.21. The maximum atomic E-state index is 12.0. The van der Waals surface area contributed by atoms with Gasteiger partial charge in [0, 0.05) is 6.20 Å². The minimum Gasteiger partial charge on any atom is -0.306 e. The van der Waals surface area contributed by atoms with Gasteiger partial charge in [-0.15, -0.1) is 10.2 Å². The van der Waals surface area contributed by atoms with Crippen molar-refractivity contribution in [1.82, 2.24) is 14.6 Å². The van der Waals surface area contributed by atoms with Crippen LogP contribution in [-0.2, 0) is 0 Å². The van der Waals surface area contributed by atoms with Gasteiger partial charge in [-0.25, -0.2) is 4.79 Å². The van der Waals surface area contributed by atoms with Crippen LogP contribution in [0.5, 0.6) is 0 Å². The number of hydrogen-bond acceptors (Lipinski definition) is 3. The molecule has 0 spiro atoms. The number of nitrogens with zero attached hydrogens (tertiary/aromatic N) is 3. The Morgan fingerprint density at radius 2 is 2.05 bits per heavy atom. The summed E-state index contributed by atoms with van der Waals surface area (Å²) in [6.07, 6.45) is 1.77. The lowest BCUT2D eigenvalue weighted by Gasteiger charge is -2.08. The van der Waals surface area contributed by atoms with Gasteiger partial charge in [-0.05, 0) is 36.8 Å². The number of pyridine rings is 1. The number of fused-ring (bicyclic) bond motifs is 1. The highest BCUT2D eigenvalue weighted by molar-refractivity contribution is 6.33. The molecule has 0 fully saturated rings. The van der Waals surface area contributed by atoms with Gasteiger partial charge in [0.2, 0.25) is 5.95 Å². The minimum atomic E-state index is -0.432. The van der Waals surface area contributed by atoms with Crippen molar-refractivity contribution in [3.05, 3.63) is 53.2 Å². The number of amides is 2. The van der Waals surface area contributed by atoms with Gasteiger partial charge >= 0.3 is 6.03 Å². The van der Waals surface area contributed by atoms with Crippen molar-refractivity contribution in [2.45, 2.75) is 6.92 Å². The molecule has 0 saturated carbocycles. The van der Waals surface area contributed by atoms with E-state index in [1.807, 2.05) is 25.1 Å². The van der Waals surface area contributed by atoms with E-state index in [0.717, 1.165) is 5.56 Å². The Kier molecular flexibility index (Phi) is 3.45. The fourth-order valence-electron chi connectivity index (χ4n) is 1.90. The lowest BCUT2D eigenvalue weighted by atomic mass is 10.2. The Morgan fingerprint density at radius 1 is 1.19 bits per heavy atom. The highest BCUT2D eigenvalue weighted by Gasteiger charge is 2.10. The maximum absolute atomic E-state index is 12.0. The first-order chi connectivity index (χ1) is 10.1. The molecule has 0 aliphatic heterocycles. The van der Waals surface area contributed by atoms with Gasteiger partial charge in [-0.3, -0.25) is 9.72 Å². The molecule has 0 aliphatic carbocycles. The first-order valence-electron chi connectivity index (χ1n) is 6.27. The molecule has 2 amide bonds. The number of urea groups is 1. The first kappa shape index (κ1) is 13.4. The van der Waals surface area contributed by atoms with E-state index in [4.69, 9.17) is 11.6 Å². The number of aryl methyl sites for hydroxylation is 1. The van der Waals surface area contributed by atoms with Crippen LogP contribution < -0.4 is 10.6 Å². The smallest absolute Gasteiger partial charge is 0.306 e. The molecular weight excluding hydrogens is 290 g/mol. The molecule has 6 nitrogen and oxygen atoms in total. The van der Waals surface area contributed by atoms with E-state index in [0.29, 0.717) is 22.3 Å². The Balaban J connectivity index is 1.77. The molecular formula is C14H12ClN5O. The molecule has 2 N–H and O–H groups in total. The van der Waals surface area contributed by atoms with E-state index in [-0.39, 0.29) is 0 Å². The van der Waals surface area contributed by atoms with Crippen molar-refractivity contribution < 1.29 is 4.79 Å². The second kappa shape index (κ2) is 5.41. The number of nitrogens with one attached hydrogen (secondary N) is 2. The predicted molar refractivity (Wildman–Crippen MR) is 81.8 cm³/mol. The van der Waals surface area contributed by atoms with Gasteiger partial charge in [0.05, 0.1) is 10.7 Å². The second-order valence-corrected chi connectivity index (χ2v) is 4.92. The molecule has 1 aromatic carbocycles. The minimum absolute atomic E-state index is 0.339. The van der Waals surface area contributed by atoms with Gasteiger partial charge in [0.15, 0.2) is 5.65 Å². The number of hydrogen-bond donors (Lipinski definition) is 2. The third-order valence-electron chi connectivity index (χ3n) is 2.91. The van der Waals surface area contributed by atoms with Crippen molar-refractivity contribution >= 4 is 34.9 Å². The molecule has 3 rings (SSSR count). The van der Waals surface area contributed by atoms with Gasteiger partial charge < -0.3 is 5.32 Å². The Hall–Kier alpha value is -2.60. The summed E-state index contributed by atoms with van der Waals surface area (Å²) in [5.41, 5.74) is 2.21. The van der Waals surface area contributed by atoms with Crippen LogP contribution in [0.4, 0.5) is 16.4 Å². The summed E-state index contributed by atoms with van der Waals surface area (Å²) in [6.45, 7) is 1.93. The number of rotatable bonds is 2. The second-order valence-electron chi connectivity index (χ2n) is 4.51. The fraction of sp³-hybridized carbons (Fsp3) is 0.0714. The first-order valence-corrected chi connectivity index (χ1v) is 6.65. The van der Waals surface area contributed by atoms with Gasteiger partial charge in [-0.1, -0.05) is 23.7 Å². The summed E-state index contributed by atoms with van der Waals surface area (Å²) in [5, 5.41) is 13.7. The zero-order valence-electron chi connectivity index (χ0n) is 11.2. The Labute approximate surface area is 125 Å². The van der Waals surface area contributed by atoms with Crippen LogP contribution in [0.25, 0.3) is 5.65 Å². The standard InChI is InChI=1S/C14H12ClN5O/c1-9-5-6-11(10(15)8-9)16-14(21)17-13-19-18-12-4-2-3-7-20(12)13/h2-8H,1H3,(H2,16,17,19,21). The van der Waals surface area contributed by atoms with E-state index in [1.54, 1.807) is 28.8 Å². The van der Waals surface area contributed by atoms with Crippen LogP contribution in [0.3, 0.4) is 0 Å². The zero-order chi connectivity index (χ0) is 14.8. The van der Waals surface area contributed by atoms with Crippen molar-refractivity contribution in [2.24, 2.45) is 0 Å². The monoisotopic (exact) mass is 301 g/mol. The maximum Gasteiger partial charge on any atom is 0.326 e. The normalized spacial score (nSPS) is 10.6. The third kappa shape index (κ3) is 2.80. The summed E-state index contributed by atoms with van der Waals surface area (Å²) in [4.78, 5) is 12.0. The molecule has 0 unspecified atom stereocenters. The molecule has 2 heterocycles. The predicted octanol–water partition coefficient (Wildman–Crippen LogP) is 3.34. The summed E-state index contributed by atoms with van der Waals surface area (Å²) in [6, 6.07) is 10.4. The summed E-state index contributed by atoms with van der Waals surface area (Å²) >= 11 is 6.07. The highest BCUT2D eigenvalue weighted by Crippen LogP contribution is 2.22. The van der Waals surface area contributed by atoms with Gasteiger partial charge in [-0.2, -0.15) is 0 Å². The van der Waals surface area contributed by atoms with Crippen LogP contribution in [-0.4, -0.2) is 20.6 Å². The highest BCUT2D eigenvalue weighted by atomic mass is 35.5. The molecule has 0 saturated heterocycles. The largest absolute Gasteiger partial charge is 0.326 e. The van der Waals surface area contributed by atoms with Crippen molar-refractivity contribution in [3.8, 4) is 0 Å². The zero-order valence-corrected chi connectivity index (χ0v) is 11.9. The molecule has 0 radical (unpaired) electrons. The van der Waals surface area contributed by atoms with E-state index in [9.17, 15) is 4.79 Å².